The Balaban J connectivity index is 2.02. The van der Waals surface area contributed by atoms with E-state index >= 15 is 0 Å². The summed E-state index contributed by atoms with van der Waals surface area (Å²) in [6, 6.07) is 14.2. The lowest BCUT2D eigenvalue weighted by Crippen LogP contribution is -2.43. The number of rotatable bonds is 7. The molecule has 0 fully saturated rings. The Kier molecular flexibility index (Phi) is 8.45. The van der Waals surface area contributed by atoms with Gasteiger partial charge in [-0.3, -0.25) is 14.5 Å². The van der Waals surface area contributed by atoms with E-state index in [0.29, 0.717) is 18.3 Å². The molecule has 0 radical (unpaired) electrons. The second-order valence-electron chi connectivity index (χ2n) is 11.6. The molecule has 1 unspecified atom stereocenters. The van der Waals surface area contributed by atoms with Gasteiger partial charge in [0.2, 0.25) is 11.8 Å². The first kappa shape index (κ1) is 28.7. The van der Waals surface area contributed by atoms with Crippen LogP contribution in [0.15, 0.2) is 42.5 Å². The molecule has 208 valence electrons. The van der Waals surface area contributed by atoms with Crippen LogP contribution in [0.4, 0.5) is 5.82 Å². The predicted octanol–water partition coefficient (Wildman–Crippen LogP) is 5.74. The van der Waals surface area contributed by atoms with Crippen molar-refractivity contribution in [3.05, 3.63) is 70.4 Å². The number of fused-ring (bicyclic) bond motifs is 1. The van der Waals surface area contributed by atoms with Gasteiger partial charge in [0.1, 0.15) is 18.1 Å². The van der Waals surface area contributed by atoms with Gasteiger partial charge in [0.05, 0.1) is 29.5 Å². The number of nitrogens with zero attached hydrogens (tertiary/aromatic N) is 3. The smallest absolute Gasteiger partial charge is 0.240 e. The number of aromatic nitrogens is 2. The summed E-state index contributed by atoms with van der Waals surface area (Å²) >= 11 is 1.56. The standard InChI is InChI=1S/C31H40N4O3S/c1-19(2)16-32-25(36)17-34-26(37)18-39-28(22-11-9-10-12-24(22)38-8)27-29(31(5,6)7)33-35(30(27)34)23-14-13-20(3)15-21(23)4/h9-15,19,28H,16-18H2,1-8H3,(H,32,36). The van der Waals surface area contributed by atoms with Gasteiger partial charge in [0.15, 0.2) is 0 Å². The van der Waals surface area contributed by atoms with Crippen LogP contribution < -0.4 is 15.0 Å². The second kappa shape index (κ2) is 11.5. The van der Waals surface area contributed by atoms with Crippen LogP contribution in [0.3, 0.4) is 0 Å². The lowest BCUT2D eigenvalue weighted by molar-refractivity contribution is -0.123. The molecule has 0 bridgehead atoms. The topological polar surface area (TPSA) is 76.5 Å². The molecule has 1 atom stereocenters. The summed E-state index contributed by atoms with van der Waals surface area (Å²) < 4.78 is 7.65. The van der Waals surface area contributed by atoms with Gasteiger partial charge in [-0.1, -0.05) is 70.5 Å². The SMILES string of the molecule is COc1ccccc1C1SCC(=O)N(CC(=O)NCC(C)C)c2c1c(C(C)(C)C)nn2-c1ccc(C)cc1C. The van der Waals surface area contributed by atoms with Crippen molar-refractivity contribution >= 4 is 29.4 Å². The molecule has 1 aromatic heterocycles. The van der Waals surface area contributed by atoms with Gasteiger partial charge in [-0.15, -0.1) is 11.8 Å². The third-order valence-electron chi connectivity index (χ3n) is 6.81. The lowest BCUT2D eigenvalue weighted by atomic mass is 9.87. The first-order valence-electron chi connectivity index (χ1n) is 13.4. The van der Waals surface area contributed by atoms with E-state index in [-0.39, 0.29) is 34.8 Å². The molecule has 0 spiro atoms. The van der Waals surface area contributed by atoms with E-state index in [0.717, 1.165) is 39.4 Å². The molecule has 0 aliphatic carbocycles. The number of aryl methyl sites for hydroxylation is 2. The number of carbonyl (C=O) groups excluding carboxylic acids is 2. The van der Waals surface area contributed by atoms with Crippen LogP contribution in [0.1, 0.15) is 67.8 Å². The zero-order chi connectivity index (χ0) is 28.5. The Bertz CT molecular complexity index is 1370. The van der Waals surface area contributed by atoms with Gasteiger partial charge in [0, 0.05) is 23.1 Å². The van der Waals surface area contributed by atoms with Gasteiger partial charge in [-0.25, -0.2) is 4.68 Å². The fourth-order valence-electron chi connectivity index (χ4n) is 4.93. The monoisotopic (exact) mass is 548 g/mol. The number of methoxy groups -OCH3 is 1. The lowest BCUT2D eigenvalue weighted by Gasteiger charge is -2.25. The van der Waals surface area contributed by atoms with E-state index in [4.69, 9.17) is 9.84 Å². The van der Waals surface area contributed by atoms with Gasteiger partial charge in [-0.2, -0.15) is 5.10 Å². The summed E-state index contributed by atoms with van der Waals surface area (Å²) in [5.74, 6) is 1.64. The number of thioether (sulfide) groups is 1. The summed E-state index contributed by atoms with van der Waals surface area (Å²) in [5, 5.41) is 7.98. The number of anilines is 1. The predicted molar refractivity (Wildman–Crippen MR) is 159 cm³/mol. The highest BCUT2D eigenvalue weighted by atomic mass is 32.2. The zero-order valence-corrected chi connectivity index (χ0v) is 25.1. The molecular weight excluding hydrogens is 508 g/mol. The molecule has 8 heteroatoms. The molecule has 0 saturated carbocycles. The summed E-state index contributed by atoms with van der Waals surface area (Å²) in [6.45, 7) is 15.1. The molecule has 1 N–H and O–H groups in total. The maximum atomic E-state index is 13.8. The van der Waals surface area contributed by atoms with Crippen molar-refractivity contribution in [2.45, 2.75) is 59.1 Å². The molecule has 1 aliphatic heterocycles. The van der Waals surface area contributed by atoms with Crippen LogP contribution >= 0.6 is 11.8 Å². The van der Waals surface area contributed by atoms with Gasteiger partial charge < -0.3 is 10.1 Å². The average molecular weight is 549 g/mol. The molecular formula is C31H40N4O3S. The Morgan fingerprint density at radius 2 is 1.90 bits per heavy atom. The highest BCUT2D eigenvalue weighted by molar-refractivity contribution is 8.00. The summed E-state index contributed by atoms with van der Waals surface area (Å²) in [6.07, 6.45) is 0. The molecule has 2 amide bonds. The van der Waals surface area contributed by atoms with Crippen molar-refractivity contribution in [2.24, 2.45) is 5.92 Å². The summed E-state index contributed by atoms with van der Waals surface area (Å²) in [7, 11) is 1.67. The van der Waals surface area contributed by atoms with Gasteiger partial charge >= 0.3 is 0 Å². The molecule has 2 aromatic carbocycles. The van der Waals surface area contributed by atoms with Crippen LogP contribution in [0.5, 0.6) is 5.75 Å². The number of nitrogens with one attached hydrogen (secondary N) is 1. The third kappa shape index (κ3) is 6.01. The molecule has 7 nitrogen and oxygen atoms in total. The van der Waals surface area contributed by atoms with E-state index in [1.165, 1.54) is 0 Å². The van der Waals surface area contributed by atoms with E-state index < -0.39 is 0 Å². The van der Waals surface area contributed by atoms with E-state index in [9.17, 15) is 9.59 Å². The van der Waals surface area contributed by atoms with E-state index in [1.54, 1.807) is 23.8 Å². The number of ether oxygens (including phenoxy) is 1. The largest absolute Gasteiger partial charge is 0.496 e. The molecule has 2 heterocycles. The molecule has 1 aliphatic rings. The first-order valence-corrected chi connectivity index (χ1v) is 14.5. The van der Waals surface area contributed by atoms with Crippen molar-refractivity contribution in [1.82, 2.24) is 15.1 Å². The summed E-state index contributed by atoms with van der Waals surface area (Å²) in [5.41, 5.74) is 5.57. The van der Waals surface area contributed by atoms with Gasteiger partial charge in [-0.05, 0) is 37.5 Å². The van der Waals surface area contributed by atoms with E-state index in [2.05, 4.69) is 72.0 Å². The minimum atomic E-state index is -0.326. The fraction of sp³-hybridized carbons (Fsp3) is 0.452. The van der Waals surface area contributed by atoms with Crippen LogP contribution in [-0.4, -0.2) is 47.5 Å². The average Bonchev–Trinajstić information content (AvgIpc) is 3.20. The number of hydrogen-bond acceptors (Lipinski definition) is 5. The second-order valence-corrected chi connectivity index (χ2v) is 12.7. The van der Waals surface area contributed by atoms with Crippen molar-refractivity contribution in [3.8, 4) is 11.4 Å². The number of para-hydroxylation sites is 1. The summed E-state index contributed by atoms with van der Waals surface area (Å²) in [4.78, 5) is 28.6. The highest BCUT2D eigenvalue weighted by Crippen LogP contribution is 2.50. The molecule has 39 heavy (non-hydrogen) atoms. The zero-order valence-electron chi connectivity index (χ0n) is 24.3. The van der Waals surface area contributed by atoms with Crippen LogP contribution in [0.25, 0.3) is 5.69 Å². The maximum Gasteiger partial charge on any atom is 0.240 e. The molecule has 0 saturated heterocycles. The normalized spacial score (nSPS) is 15.8. The number of benzene rings is 2. The number of hydrogen-bond donors (Lipinski definition) is 1. The van der Waals surface area contributed by atoms with Crippen LogP contribution in [-0.2, 0) is 15.0 Å². The van der Waals surface area contributed by atoms with Crippen molar-refractivity contribution < 1.29 is 14.3 Å². The van der Waals surface area contributed by atoms with Crippen LogP contribution in [0, 0.1) is 19.8 Å². The Labute approximate surface area is 236 Å². The Morgan fingerprint density at radius 3 is 2.54 bits per heavy atom. The molecule has 3 aromatic rings. The number of amides is 2. The first-order chi connectivity index (χ1) is 18.4. The number of carbonyl (C=O) groups is 2. The van der Waals surface area contributed by atoms with Crippen molar-refractivity contribution in [3.63, 3.8) is 0 Å². The minimum Gasteiger partial charge on any atom is -0.496 e. The fourth-order valence-corrected chi connectivity index (χ4v) is 6.15. The van der Waals surface area contributed by atoms with Crippen molar-refractivity contribution in [2.75, 3.05) is 30.9 Å². The maximum absolute atomic E-state index is 13.8. The Hall–Kier alpha value is -3.26. The third-order valence-corrected chi connectivity index (χ3v) is 8.05. The minimum absolute atomic E-state index is 0.0715. The molecule has 4 rings (SSSR count). The quantitative estimate of drug-likeness (QED) is 0.408. The Morgan fingerprint density at radius 1 is 1.18 bits per heavy atom. The van der Waals surface area contributed by atoms with E-state index in [1.807, 2.05) is 28.9 Å². The van der Waals surface area contributed by atoms with Crippen molar-refractivity contribution in [1.29, 1.82) is 0 Å². The highest BCUT2D eigenvalue weighted by Gasteiger charge is 2.40. The van der Waals surface area contributed by atoms with Crippen LogP contribution in [0.2, 0.25) is 0 Å². The van der Waals surface area contributed by atoms with Gasteiger partial charge in [0.25, 0.3) is 0 Å².